The van der Waals surface area contributed by atoms with Gasteiger partial charge in [-0.1, -0.05) is 55.3 Å². The maximum absolute atomic E-state index is 14.1. The van der Waals surface area contributed by atoms with E-state index in [1.165, 1.54) is 24.3 Å². The molecule has 12 heteroatoms. The van der Waals surface area contributed by atoms with E-state index in [1.807, 2.05) is 18.2 Å². The van der Waals surface area contributed by atoms with Crippen LogP contribution in [-0.4, -0.2) is 84.0 Å². The van der Waals surface area contributed by atoms with Crippen molar-refractivity contribution in [2.45, 2.75) is 80.7 Å². The number of anilines is 1. The first-order valence-electron chi connectivity index (χ1n) is 17.2. The summed E-state index contributed by atoms with van der Waals surface area (Å²) in [7, 11) is 0. The van der Waals surface area contributed by atoms with Crippen LogP contribution in [0.3, 0.4) is 0 Å². The fraction of sp³-hybridized carbons (Fsp3) is 0.410. The van der Waals surface area contributed by atoms with Gasteiger partial charge in [-0.25, -0.2) is 4.98 Å². The largest absolute Gasteiger partial charge is 0.511 e. The molecule has 12 nitrogen and oxygen atoms in total. The molecule has 3 aromatic rings. The Balaban J connectivity index is 1.19. The van der Waals surface area contributed by atoms with Gasteiger partial charge in [-0.05, 0) is 77.6 Å². The van der Waals surface area contributed by atoms with Crippen molar-refractivity contribution in [1.29, 1.82) is 0 Å². The average molecular weight is 699 g/mol. The minimum absolute atomic E-state index is 0.0609. The third kappa shape index (κ3) is 6.15. The summed E-state index contributed by atoms with van der Waals surface area (Å²) in [6, 6.07) is 15.3. The van der Waals surface area contributed by atoms with Crippen LogP contribution in [0.5, 0.6) is 5.75 Å². The molecule has 0 spiro atoms. The van der Waals surface area contributed by atoms with Gasteiger partial charge in [0, 0.05) is 11.8 Å². The number of hydrogen-bond acceptors (Lipinski definition) is 12. The number of aliphatic hydroxyl groups is 6. The van der Waals surface area contributed by atoms with E-state index in [-0.39, 0.29) is 35.7 Å². The van der Waals surface area contributed by atoms with Crippen LogP contribution in [0.1, 0.15) is 69.5 Å². The Morgan fingerprint density at radius 2 is 1.71 bits per heavy atom. The first kappa shape index (κ1) is 35.0. The molecule has 7 rings (SSSR count). The number of nitrogen functional groups attached to an aromatic ring is 1. The van der Waals surface area contributed by atoms with Crippen molar-refractivity contribution in [3.63, 3.8) is 0 Å². The van der Waals surface area contributed by atoms with Gasteiger partial charge < -0.3 is 45.8 Å². The summed E-state index contributed by atoms with van der Waals surface area (Å²) in [5.41, 5.74) is 6.07. The molecule has 1 aromatic heterocycles. The highest BCUT2D eigenvalue weighted by atomic mass is 16.7. The summed E-state index contributed by atoms with van der Waals surface area (Å²) in [6.07, 6.45) is 1.35. The molecule has 1 aliphatic heterocycles. The number of fused-ring (bicyclic) bond motifs is 2. The number of carbonyl (C=O) groups excluding carboxylic acids is 2. The third-order valence-corrected chi connectivity index (χ3v) is 11.1. The molecule has 7 atom stereocenters. The molecular weight excluding hydrogens is 656 g/mol. The summed E-state index contributed by atoms with van der Waals surface area (Å²) in [5, 5.41) is 66.2. The van der Waals surface area contributed by atoms with Gasteiger partial charge in [0.15, 0.2) is 11.6 Å². The van der Waals surface area contributed by atoms with Crippen LogP contribution in [0.15, 0.2) is 84.3 Å². The van der Waals surface area contributed by atoms with Gasteiger partial charge in [0.1, 0.15) is 41.2 Å². The zero-order valence-electron chi connectivity index (χ0n) is 27.9. The Morgan fingerprint density at radius 3 is 2.43 bits per heavy atom. The van der Waals surface area contributed by atoms with Crippen molar-refractivity contribution in [2.75, 3.05) is 12.3 Å². The number of ether oxygens (including phenoxy) is 2. The number of aromatic nitrogens is 1. The predicted octanol–water partition coefficient (Wildman–Crippen LogP) is 2.84. The first-order chi connectivity index (χ1) is 24.5. The third-order valence-electron chi connectivity index (χ3n) is 11.1. The number of Topliss-reactive ketones (excluding diaryl/α,β-unsaturated/α-hetero) is 2. The van der Waals surface area contributed by atoms with Crippen LogP contribution in [0.2, 0.25) is 0 Å². The van der Waals surface area contributed by atoms with E-state index < -0.39 is 65.6 Å². The molecule has 1 saturated carbocycles. The van der Waals surface area contributed by atoms with Crippen molar-refractivity contribution in [2.24, 2.45) is 11.8 Å². The molecule has 268 valence electrons. The highest BCUT2D eigenvalue weighted by Crippen LogP contribution is 2.50. The molecule has 51 heavy (non-hydrogen) atoms. The van der Waals surface area contributed by atoms with Crippen LogP contribution < -0.4 is 10.5 Å². The summed E-state index contributed by atoms with van der Waals surface area (Å²) >= 11 is 0. The number of benzene rings is 2. The Hall–Kier alpha value is -4.43. The normalized spacial score (nSPS) is 29.9. The molecule has 0 bridgehead atoms. The van der Waals surface area contributed by atoms with Gasteiger partial charge in [0.05, 0.1) is 30.6 Å². The number of hydrogen-bond donors (Lipinski definition) is 7. The fourth-order valence-electron chi connectivity index (χ4n) is 8.53. The second-order valence-electron chi connectivity index (χ2n) is 14.2. The van der Waals surface area contributed by atoms with E-state index in [0.717, 1.165) is 29.5 Å². The summed E-state index contributed by atoms with van der Waals surface area (Å²) < 4.78 is 11.9. The number of nitrogens with zero attached hydrogens (tertiary/aromatic N) is 1. The lowest BCUT2D eigenvalue weighted by atomic mass is 9.66. The van der Waals surface area contributed by atoms with Crippen LogP contribution in [-0.2, 0) is 23.2 Å². The first-order valence-corrected chi connectivity index (χ1v) is 17.2. The van der Waals surface area contributed by atoms with E-state index in [0.29, 0.717) is 30.7 Å². The number of aliphatic hydroxyl groups excluding tert-OH is 5. The van der Waals surface area contributed by atoms with E-state index in [9.17, 15) is 40.2 Å². The van der Waals surface area contributed by atoms with E-state index in [4.69, 9.17) is 15.2 Å². The molecule has 2 heterocycles. The zero-order valence-corrected chi connectivity index (χ0v) is 27.9. The Morgan fingerprint density at radius 1 is 0.961 bits per heavy atom. The number of carbonyl (C=O) groups is 2. The smallest absolute Gasteiger partial charge is 0.229 e. The van der Waals surface area contributed by atoms with Crippen LogP contribution in [0, 0.1) is 11.8 Å². The van der Waals surface area contributed by atoms with Gasteiger partial charge in [-0.3, -0.25) is 9.59 Å². The zero-order chi connectivity index (χ0) is 36.1. The maximum Gasteiger partial charge on any atom is 0.229 e. The molecule has 4 aliphatic rings. The molecule has 3 aliphatic carbocycles. The Kier molecular flexibility index (Phi) is 9.34. The SMILES string of the molecule is Nc1cc(C2(C[C@]3(O)[C@H](O)[C@@H](CO)O[C@@H](Oc4cccc5c4C(=O)[C@@H]4C(O)=CC(Cc6cccc(CO)c6)=C[C@@H]4C5=O)[C@@H]3O)CCCC2)ccn1. The summed E-state index contributed by atoms with van der Waals surface area (Å²) in [4.78, 5) is 32.2. The van der Waals surface area contributed by atoms with Gasteiger partial charge in [-0.15, -0.1) is 0 Å². The van der Waals surface area contributed by atoms with Crippen molar-refractivity contribution < 1.29 is 49.7 Å². The lowest BCUT2D eigenvalue weighted by molar-refractivity contribution is -0.318. The fourth-order valence-corrected chi connectivity index (χ4v) is 8.53. The molecule has 8 N–H and O–H groups in total. The predicted molar refractivity (Wildman–Crippen MR) is 184 cm³/mol. The van der Waals surface area contributed by atoms with E-state index in [2.05, 4.69) is 4.98 Å². The second-order valence-corrected chi connectivity index (χ2v) is 14.2. The number of nitrogens with two attached hydrogens (primary N) is 1. The van der Waals surface area contributed by atoms with Crippen LogP contribution in [0.4, 0.5) is 5.82 Å². The van der Waals surface area contributed by atoms with Gasteiger partial charge >= 0.3 is 0 Å². The van der Waals surface area contributed by atoms with Crippen molar-refractivity contribution >= 4 is 17.4 Å². The number of allylic oxidation sites excluding steroid dienone is 4. The average Bonchev–Trinajstić information content (AvgIpc) is 3.60. The minimum Gasteiger partial charge on any atom is -0.511 e. The molecule has 2 aromatic carbocycles. The molecule has 0 amide bonds. The molecular formula is C39H42N2O10. The Bertz CT molecular complexity index is 1900. The van der Waals surface area contributed by atoms with Crippen molar-refractivity contribution in [3.8, 4) is 5.75 Å². The lowest BCUT2D eigenvalue weighted by Gasteiger charge is -2.50. The summed E-state index contributed by atoms with van der Waals surface area (Å²) in [6.45, 7) is -0.838. The van der Waals surface area contributed by atoms with E-state index >= 15 is 0 Å². The van der Waals surface area contributed by atoms with Crippen LogP contribution >= 0.6 is 0 Å². The van der Waals surface area contributed by atoms with E-state index in [1.54, 1.807) is 30.5 Å². The maximum atomic E-state index is 14.1. The molecule has 0 unspecified atom stereocenters. The molecule has 2 fully saturated rings. The van der Waals surface area contributed by atoms with Crippen molar-refractivity contribution in [3.05, 3.63) is 112 Å². The van der Waals surface area contributed by atoms with Gasteiger partial charge in [0.2, 0.25) is 6.29 Å². The number of ketones is 2. The quantitative estimate of drug-likeness (QED) is 0.172. The van der Waals surface area contributed by atoms with Crippen molar-refractivity contribution in [1.82, 2.24) is 4.98 Å². The van der Waals surface area contributed by atoms with Gasteiger partial charge in [-0.2, -0.15) is 0 Å². The topological polar surface area (TPSA) is 213 Å². The highest BCUT2D eigenvalue weighted by Gasteiger charge is 2.59. The molecule has 0 radical (unpaired) electrons. The van der Waals surface area contributed by atoms with Crippen LogP contribution in [0.25, 0.3) is 0 Å². The summed E-state index contributed by atoms with van der Waals surface area (Å²) in [5.74, 6) is -3.27. The highest BCUT2D eigenvalue weighted by molar-refractivity contribution is 6.19. The standard InChI is InChI=1S/C39H42N2O10/c40-30-17-24(9-12-41-30)38(10-1-2-11-38)20-39(49)35(47)29(19-43)51-37(36(39)48)50-28-8-4-7-25-32(28)34(46)31-26(33(25)45)15-23(16-27(31)44)14-21-5-3-6-22(13-21)18-42/h3-9,12-13,15-17,26,29,31,35-37,42-44,47-49H,1-2,10-11,14,18-20H2,(H2,40,41)/t26-,29+,31-,35+,36-,37+,39-/m0/s1. The monoisotopic (exact) mass is 698 g/mol. The van der Waals surface area contributed by atoms with Gasteiger partial charge in [0.25, 0.3) is 0 Å². The lowest BCUT2D eigenvalue weighted by Crippen LogP contribution is -2.69. The second kappa shape index (κ2) is 13.6. The Labute approximate surface area is 294 Å². The molecule has 1 saturated heterocycles. The minimum atomic E-state index is -2.24. The number of rotatable bonds is 9. The number of pyridine rings is 1.